The lowest BCUT2D eigenvalue weighted by Crippen LogP contribution is -2.42. The van der Waals surface area contributed by atoms with Crippen LogP contribution >= 0.6 is 0 Å². The number of benzene rings is 3. The molecule has 0 saturated carbocycles. The van der Waals surface area contributed by atoms with Crippen LogP contribution in [0.15, 0.2) is 83.9 Å². The molecule has 0 fully saturated rings. The molecule has 39 heavy (non-hydrogen) atoms. The van der Waals surface area contributed by atoms with E-state index in [9.17, 15) is 18.3 Å². The molecule has 204 valence electrons. The van der Waals surface area contributed by atoms with Crippen molar-refractivity contribution in [1.82, 2.24) is 19.7 Å². The molecule has 8 nitrogen and oxygen atoms in total. The molecule has 0 aliphatic rings. The summed E-state index contributed by atoms with van der Waals surface area (Å²) < 4.78 is 29.7. The first kappa shape index (κ1) is 28.2. The maximum atomic E-state index is 12.9. The number of aliphatic carboxylic acids is 1. The van der Waals surface area contributed by atoms with E-state index in [1.807, 2.05) is 44.3 Å². The highest BCUT2D eigenvalue weighted by molar-refractivity contribution is 7.89. The summed E-state index contributed by atoms with van der Waals surface area (Å²) in [5, 5.41) is 18.2. The van der Waals surface area contributed by atoms with Crippen molar-refractivity contribution in [2.45, 2.75) is 63.3 Å². The Morgan fingerprint density at radius 3 is 2.10 bits per heavy atom. The van der Waals surface area contributed by atoms with Crippen LogP contribution in [-0.2, 0) is 26.7 Å². The second-order valence-electron chi connectivity index (χ2n) is 11.0. The molecule has 0 bridgehead atoms. The zero-order chi connectivity index (χ0) is 28.4. The monoisotopic (exact) mass is 546 g/mol. The van der Waals surface area contributed by atoms with Crippen molar-refractivity contribution in [2.24, 2.45) is 0 Å². The molecule has 1 aromatic heterocycles. The van der Waals surface area contributed by atoms with E-state index in [2.05, 4.69) is 47.9 Å². The minimum atomic E-state index is -4.00. The van der Waals surface area contributed by atoms with Gasteiger partial charge in [0.2, 0.25) is 10.0 Å². The van der Waals surface area contributed by atoms with Gasteiger partial charge in [0.25, 0.3) is 0 Å². The molecule has 0 saturated heterocycles. The van der Waals surface area contributed by atoms with Gasteiger partial charge >= 0.3 is 5.97 Å². The highest BCUT2D eigenvalue weighted by Crippen LogP contribution is 2.24. The van der Waals surface area contributed by atoms with E-state index in [0.29, 0.717) is 11.3 Å². The molecule has 1 heterocycles. The SMILES string of the molecule is CC(C)c1ccc(S(=O)(=O)NC(Cc2ccc(-c3cn(-c4ccc(C(C)(C)C)cc4)nn3)cc2)C(=O)O)cc1. The third-order valence-electron chi connectivity index (χ3n) is 6.63. The summed E-state index contributed by atoms with van der Waals surface area (Å²) in [5.41, 5.74) is 5.35. The van der Waals surface area contributed by atoms with Gasteiger partial charge in [-0.25, -0.2) is 13.1 Å². The molecule has 3 aromatic carbocycles. The Hall–Kier alpha value is -3.82. The van der Waals surface area contributed by atoms with Crippen molar-refractivity contribution < 1.29 is 18.3 Å². The molecule has 1 atom stereocenters. The molecule has 0 aliphatic heterocycles. The Balaban J connectivity index is 1.46. The molecule has 0 aliphatic carbocycles. The molecular formula is C30H34N4O4S. The van der Waals surface area contributed by atoms with Crippen molar-refractivity contribution in [2.75, 3.05) is 0 Å². The van der Waals surface area contributed by atoms with Gasteiger partial charge < -0.3 is 5.11 Å². The number of hydrogen-bond donors (Lipinski definition) is 2. The number of carbonyl (C=O) groups is 1. The maximum Gasteiger partial charge on any atom is 0.322 e. The topological polar surface area (TPSA) is 114 Å². The summed E-state index contributed by atoms with van der Waals surface area (Å²) in [4.78, 5) is 11.9. The predicted octanol–water partition coefficient (Wildman–Crippen LogP) is 5.33. The Labute approximate surface area is 229 Å². The van der Waals surface area contributed by atoms with E-state index < -0.39 is 22.0 Å². The van der Waals surface area contributed by atoms with Gasteiger partial charge in [-0.15, -0.1) is 5.10 Å². The van der Waals surface area contributed by atoms with Crippen molar-refractivity contribution in [3.8, 4) is 16.9 Å². The number of hydrogen-bond acceptors (Lipinski definition) is 5. The summed E-state index contributed by atoms with van der Waals surface area (Å²) in [6.45, 7) is 10.5. The first-order valence-electron chi connectivity index (χ1n) is 12.8. The summed E-state index contributed by atoms with van der Waals surface area (Å²) in [7, 11) is -4.00. The van der Waals surface area contributed by atoms with Crippen LogP contribution < -0.4 is 4.72 Å². The number of sulfonamides is 1. The molecule has 0 amide bonds. The number of rotatable bonds is 9. The summed E-state index contributed by atoms with van der Waals surface area (Å²) in [5.74, 6) is -0.990. The number of nitrogens with one attached hydrogen (secondary N) is 1. The maximum absolute atomic E-state index is 12.9. The Bertz CT molecular complexity index is 1530. The van der Waals surface area contributed by atoms with E-state index in [1.165, 1.54) is 17.7 Å². The Morgan fingerprint density at radius 1 is 0.949 bits per heavy atom. The van der Waals surface area contributed by atoms with E-state index in [1.54, 1.807) is 28.9 Å². The lowest BCUT2D eigenvalue weighted by Gasteiger charge is -2.19. The Morgan fingerprint density at radius 2 is 1.56 bits per heavy atom. The van der Waals surface area contributed by atoms with Gasteiger partial charge in [0, 0.05) is 5.56 Å². The molecule has 1 unspecified atom stereocenters. The molecule has 2 N–H and O–H groups in total. The van der Waals surface area contributed by atoms with Crippen LogP contribution in [0.3, 0.4) is 0 Å². The summed E-state index contributed by atoms with van der Waals surface area (Å²) in [6.07, 6.45) is 1.82. The number of aromatic nitrogens is 3. The third-order valence-corrected chi connectivity index (χ3v) is 8.12. The van der Waals surface area contributed by atoms with Gasteiger partial charge in [0.05, 0.1) is 16.8 Å². The van der Waals surface area contributed by atoms with Crippen LogP contribution in [-0.4, -0.2) is 40.5 Å². The van der Waals surface area contributed by atoms with Gasteiger partial charge in [-0.05, 0) is 58.7 Å². The van der Waals surface area contributed by atoms with Crippen molar-refractivity contribution in [3.05, 3.63) is 95.7 Å². The minimum absolute atomic E-state index is 0.00820. The second kappa shape index (κ2) is 11.1. The average Bonchev–Trinajstić information content (AvgIpc) is 3.38. The van der Waals surface area contributed by atoms with Crippen LogP contribution in [0.5, 0.6) is 0 Å². The highest BCUT2D eigenvalue weighted by Gasteiger charge is 2.26. The van der Waals surface area contributed by atoms with E-state index in [4.69, 9.17) is 0 Å². The molecule has 9 heteroatoms. The summed E-state index contributed by atoms with van der Waals surface area (Å²) in [6, 6.07) is 20.5. The summed E-state index contributed by atoms with van der Waals surface area (Å²) >= 11 is 0. The number of carboxylic acid groups (broad SMARTS) is 1. The number of nitrogens with zero attached hydrogens (tertiary/aromatic N) is 3. The van der Waals surface area contributed by atoms with Gasteiger partial charge in [-0.1, -0.05) is 88.4 Å². The van der Waals surface area contributed by atoms with E-state index in [0.717, 1.165) is 16.8 Å². The van der Waals surface area contributed by atoms with Gasteiger partial charge in [-0.3, -0.25) is 4.79 Å². The fraction of sp³-hybridized carbons (Fsp3) is 0.300. The molecule has 4 rings (SSSR count). The Kier molecular flexibility index (Phi) is 8.04. The third kappa shape index (κ3) is 6.79. The lowest BCUT2D eigenvalue weighted by atomic mass is 9.87. The fourth-order valence-electron chi connectivity index (χ4n) is 4.15. The normalized spacial score (nSPS) is 13.0. The molecule has 4 aromatic rings. The average molecular weight is 547 g/mol. The zero-order valence-corrected chi connectivity index (χ0v) is 23.6. The van der Waals surface area contributed by atoms with Crippen molar-refractivity contribution >= 4 is 16.0 Å². The number of carboxylic acids is 1. The predicted molar refractivity (Wildman–Crippen MR) is 151 cm³/mol. The largest absolute Gasteiger partial charge is 0.480 e. The van der Waals surface area contributed by atoms with Crippen molar-refractivity contribution in [3.63, 3.8) is 0 Å². The first-order chi connectivity index (χ1) is 18.3. The zero-order valence-electron chi connectivity index (χ0n) is 22.8. The quantitative estimate of drug-likeness (QED) is 0.293. The minimum Gasteiger partial charge on any atom is -0.480 e. The van der Waals surface area contributed by atoms with E-state index in [-0.39, 0.29) is 22.6 Å². The van der Waals surface area contributed by atoms with Crippen LogP contribution in [0.4, 0.5) is 0 Å². The smallest absolute Gasteiger partial charge is 0.322 e. The van der Waals surface area contributed by atoms with Crippen LogP contribution in [0, 0.1) is 0 Å². The highest BCUT2D eigenvalue weighted by atomic mass is 32.2. The van der Waals surface area contributed by atoms with Crippen LogP contribution in [0.1, 0.15) is 57.2 Å². The second-order valence-corrected chi connectivity index (χ2v) is 12.7. The van der Waals surface area contributed by atoms with Gasteiger partial charge in [0.1, 0.15) is 11.7 Å². The van der Waals surface area contributed by atoms with Crippen LogP contribution in [0.25, 0.3) is 16.9 Å². The van der Waals surface area contributed by atoms with E-state index >= 15 is 0 Å². The van der Waals surface area contributed by atoms with Gasteiger partial charge in [-0.2, -0.15) is 4.72 Å². The first-order valence-corrected chi connectivity index (χ1v) is 14.3. The van der Waals surface area contributed by atoms with Crippen molar-refractivity contribution in [1.29, 1.82) is 0 Å². The molecule has 0 radical (unpaired) electrons. The lowest BCUT2D eigenvalue weighted by molar-refractivity contribution is -0.138. The van der Waals surface area contributed by atoms with Gasteiger partial charge in [0.15, 0.2) is 0 Å². The molecule has 0 spiro atoms. The fourth-order valence-corrected chi connectivity index (χ4v) is 5.34. The standard InChI is InChI=1S/C30H34N4O4S/c1-20(2)22-10-16-26(17-11-22)39(37,38)32-27(29(35)36)18-21-6-8-23(9-7-21)28-19-34(33-31-28)25-14-12-24(13-15-25)30(3,4)5/h6-17,19-20,27,32H,18H2,1-5H3,(H,35,36). The molecular weight excluding hydrogens is 512 g/mol. The van der Waals surface area contributed by atoms with Crippen LogP contribution in [0.2, 0.25) is 0 Å².